The van der Waals surface area contributed by atoms with Crippen molar-refractivity contribution in [3.05, 3.63) is 40.5 Å². The largest absolute Gasteiger partial charge is 0.497 e. The average molecular weight is 351 g/mol. The molecule has 1 aromatic carbocycles. The van der Waals surface area contributed by atoms with E-state index in [1.165, 1.54) is 5.56 Å². The molecule has 0 aliphatic heterocycles. The monoisotopic (exact) mass is 350 g/mol. The number of nitrogens with one attached hydrogen (secondary N) is 1. The molecule has 1 aromatic heterocycles. The maximum absolute atomic E-state index is 5.17. The van der Waals surface area contributed by atoms with Gasteiger partial charge in [-0.15, -0.1) is 0 Å². The Morgan fingerprint density at radius 2 is 2.00 bits per heavy atom. The molecule has 2 aromatic rings. The molecule has 0 amide bonds. The van der Waals surface area contributed by atoms with Gasteiger partial charge in [-0.25, -0.2) is 4.98 Å². The van der Waals surface area contributed by atoms with Crippen LogP contribution in [0.15, 0.2) is 34.9 Å². The molecule has 0 unspecified atom stereocenters. The normalized spacial score (nSPS) is 10.3. The number of hydrogen-bond donors (Lipinski definition) is 1. The zero-order chi connectivity index (χ0) is 15.2. The van der Waals surface area contributed by atoms with Gasteiger partial charge in [-0.2, -0.15) is 4.98 Å². The summed E-state index contributed by atoms with van der Waals surface area (Å²) >= 11 is 3.50. The standard InChI is InChI=1S/C15H19BrN4O/c1-4-17-15-18-9-13(16)14(19-15)20(2)10-11-5-7-12(21-3)8-6-11/h5-9H,4,10H2,1-3H3,(H,17,18,19). The van der Waals surface area contributed by atoms with E-state index in [-0.39, 0.29) is 0 Å². The Labute approximate surface area is 133 Å². The van der Waals surface area contributed by atoms with Gasteiger partial charge in [0.05, 0.1) is 11.6 Å². The van der Waals surface area contributed by atoms with Crippen LogP contribution in [-0.4, -0.2) is 30.7 Å². The Bertz CT molecular complexity index is 589. The van der Waals surface area contributed by atoms with Crippen molar-refractivity contribution in [2.45, 2.75) is 13.5 Å². The third-order valence-electron chi connectivity index (χ3n) is 3.00. The molecule has 0 bridgehead atoms. The van der Waals surface area contributed by atoms with Crippen LogP contribution < -0.4 is 15.0 Å². The summed E-state index contributed by atoms with van der Waals surface area (Å²) in [6, 6.07) is 8.02. The van der Waals surface area contributed by atoms with Crippen molar-refractivity contribution in [2.24, 2.45) is 0 Å². The molecule has 0 fully saturated rings. The molecule has 6 heteroatoms. The first-order valence-electron chi connectivity index (χ1n) is 6.74. The van der Waals surface area contributed by atoms with E-state index < -0.39 is 0 Å². The minimum absolute atomic E-state index is 0.636. The molecule has 0 saturated carbocycles. The molecular weight excluding hydrogens is 332 g/mol. The maximum Gasteiger partial charge on any atom is 0.224 e. The van der Waals surface area contributed by atoms with Crippen molar-refractivity contribution >= 4 is 27.7 Å². The van der Waals surface area contributed by atoms with Crippen molar-refractivity contribution in [1.29, 1.82) is 0 Å². The Morgan fingerprint density at radius 1 is 1.29 bits per heavy atom. The fourth-order valence-corrected chi connectivity index (χ4v) is 2.44. The number of halogens is 1. The van der Waals surface area contributed by atoms with Gasteiger partial charge in [-0.05, 0) is 40.5 Å². The number of benzene rings is 1. The van der Waals surface area contributed by atoms with E-state index in [1.807, 2.05) is 26.1 Å². The number of aromatic nitrogens is 2. The highest BCUT2D eigenvalue weighted by Gasteiger charge is 2.10. The van der Waals surface area contributed by atoms with Gasteiger partial charge in [-0.3, -0.25) is 0 Å². The molecule has 0 aliphatic carbocycles. The van der Waals surface area contributed by atoms with Gasteiger partial charge in [0.25, 0.3) is 0 Å². The van der Waals surface area contributed by atoms with Crippen LogP contribution in [-0.2, 0) is 6.54 Å². The SMILES string of the molecule is CCNc1ncc(Br)c(N(C)Cc2ccc(OC)cc2)n1. The number of methoxy groups -OCH3 is 1. The zero-order valence-corrected chi connectivity index (χ0v) is 14.0. The molecule has 21 heavy (non-hydrogen) atoms. The van der Waals surface area contributed by atoms with Crippen LogP contribution >= 0.6 is 15.9 Å². The average Bonchev–Trinajstić information content (AvgIpc) is 2.50. The van der Waals surface area contributed by atoms with Crippen LogP contribution in [0.5, 0.6) is 5.75 Å². The number of hydrogen-bond acceptors (Lipinski definition) is 5. The van der Waals surface area contributed by atoms with Gasteiger partial charge in [0.15, 0.2) is 0 Å². The minimum atomic E-state index is 0.636. The zero-order valence-electron chi connectivity index (χ0n) is 12.4. The molecule has 5 nitrogen and oxygen atoms in total. The Morgan fingerprint density at radius 3 is 2.62 bits per heavy atom. The van der Waals surface area contributed by atoms with Crippen LogP contribution in [0.25, 0.3) is 0 Å². The second-order valence-corrected chi connectivity index (χ2v) is 5.45. The summed E-state index contributed by atoms with van der Waals surface area (Å²) in [5.74, 6) is 2.35. The Hall–Kier alpha value is -1.82. The third-order valence-corrected chi connectivity index (χ3v) is 3.56. The summed E-state index contributed by atoms with van der Waals surface area (Å²) in [4.78, 5) is 10.8. The fraction of sp³-hybridized carbons (Fsp3) is 0.333. The van der Waals surface area contributed by atoms with Crippen molar-refractivity contribution in [1.82, 2.24) is 9.97 Å². The highest BCUT2D eigenvalue weighted by Crippen LogP contribution is 2.25. The topological polar surface area (TPSA) is 50.3 Å². The highest BCUT2D eigenvalue weighted by atomic mass is 79.9. The summed E-state index contributed by atoms with van der Waals surface area (Å²) in [6.07, 6.45) is 1.77. The lowest BCUT2D eigenvalue weighted by molar-refractivity contribution is 0.414. The van der Waals surface area contributed by atoms with Gasteiger partial charge in [-0.1, -0.05) is 12.1 Å². The Kier molecular flexibility index (Phi) is 5.38. The quantitative estimate of drug-likeness (QED) is 0.865. The minimum Gasteiger partial charge on any atom is -0.497 e. The first-order valence-corrected chi connectivity index (χ1v) is 7.53. The lowest BCUT2D eigenvalue weighted by atomic mass is 10.2. The summed E-state index contributed by atoms with van der Waals surface area (Å²) in [6.45, 7) is 3.57. The number of anilines is 2. The molecule has 0 saturated heterocycles. The summed E-state index contributed by atoms with van der Waals surface area (Å²) in [5, 5.41) is 3.12. The molecule has 0 aliphatic rings. The van der Waals surface area contributed by atoms with Gasteiger partial charge < -0.3 is 15.0 Å². The van der Waals surface area contributed by atoms with E-state index in [1.54, 1.807) is 13.3 Å². The summed E-state index contributed by atoms with van der Waals surface area (Å²) in [7, 11) is 3.68. The number of rotatable bonds is 6. The second kappa shape index (κ2) is 7.26. The smallest absolute Gasteiger partial charge is 0.224 e. The predicted octanol–water partition coefficient (Wildman–Crippen LogP) is 3.32. The van der Waals surface area contributed by atoms with E-state index in [0.29, 0.717) is 5.95 Å². The number of ether oxygens (including phenoxy) is 1. The molecule has 112 valence electrons. The molecule has 0 atom stereocenters. The molecule has 2 rings (SSSR count). The van der Waals surface area contributed by atoms with Crippen molar-refractivity contribution in [2.75, 3.05) is 30.9 Å². The summed E-state index contributed by atoms with van der Waals surface area (Å²) in [5.41, 5.74) is 1.19. The van der Waals surface area contributed by atoms with Crippen LogP contribution in [0.4, 0.5) is 11.8 Å². The molecular formula is C15H19BrN4O. The third kappa shape index (κ3) is 4.07. The van der Waals surface area contributed by atoms with E-state index in [0.717, 1.165) is 29.1 Å². The lowest BCUT2D eigenvalue weighted by Gasteiger charge is -2.20. The van der Waals surface area contributed by atoms with E-state index in [4.69, 9.17) is 4.74 Å². The van der Waals surface area contributed by atoms with Crippen LogP contribution in [0, 0.1) is 0 Å². The fourth-order valence-electron chi connectivity index (χ4n) is 1.95. The second-order valence-electron chi connectivity index (χ2n) is 4.60. The predicted molar refractivity (Wildman–Crippen MR) is 89.0 cm³/mol. The van der Waals surface area contributed by atoms with Crippen LogP contribution in [0.3, 0.4) is 0 Å². The van der Waals surface area contributed by atoms with Crippen molar-refractivity contribution in [3.8, 4) is 5.75 Å². The van der Waals surface area contributed by atoms with Crippen LogP contribution in [0.1, 0.15) is 12.5 Å². The Balaban J connectivity index is 2.14. The first kappa shape index (κ1) is 15.6. The first-order chi connectivity index (χ1) is 10.1. The van der Waals surface area contributed by atoms with E-state index in [9.17, 15) is 0 Å². The van der Waals surface area contributed by atoms with Gasteiger partial charge in [0, 0.05) is 26.3 Å². The van der Waals surface area contributed by atoms with Gasteiger partial charge in [0.2, 0.25) is 5.95 Å². The van der Waals surface area contributed by atoms with Gasteiger partial charge >= 0.3 is 0 Å². The highest BCUT2D eigenvalue weighted by molar-refractivity contribution is 9.10. The molecule has 0 spiro atoms. The lowest BCUT2D eigenvalue weighted by Crippen LogP contribution is -2.19. The van der Waals surface area contributed by atoms with Crippen molar-refractivity contribution in [3.63, 3.8) is 0 Å². The molecule has 1 heterocycles. The summed E-state index contributed by atoms with van der Waals surface area (Å²) < 4.78 is 6.05. The van der Waals surface area contributed by atoms with Crippen molar-refractivity contribution < 1.29 is 4.74 Å². The van der Waals surface area contributed by atoms with E-state index >= 15 is 0 Å². The van der Waals surface area contributed by atoms with E-state index in [2.05, 4.69) is 48.2 Å². The number of nitrogens with zero attached hydrogens (tertiary/aromatic N) is 3. The molecule has 0 radical (unpaired) electrons. The maximum atomic E-state index is 5.17. The van der Waals surface area contributed by atoms with Crippen LogP contribution in [0.2, 0.25) is 0 Å². The van der Waals surface area contributed by atoms with Gasteiger partial charge in [0.1, 0.15) is 11.6 Å². The molecule has 1 N–H and O–H groups in total.